The minimum atomic E-state index is 0.903. The zero-order valence-electron chi connectivity index (χ0n) is 34.4. The summed E-state index contributed by atoms with van der Waals surface area (Å²) in [6.07, 6.45) is 0. The Labute approximate surface area is 366 Å². The number of hydrogen-bond donors (Lipinski definition) is 0. The Morgan fingerprint density at radius 1 is 0.317 bits per heavy atom. The highest BCUT2D eigenvalue weighted by Crippen LogP contribution is 2.44. The van der Waals surface area contributed by atoms with Crippen LogP contribution in [0.15, 0.2) is 247 Å². The number of anilines is 3. The zero-order chi connectivity index (χ0) is 41.7. The summed E-state index contributed by atoms with van der Waals surface area (Å²) >= 11 is 0. The van der Waals surface area contributed by atoms with Crippen LogP contribution in [0.25, 0.3) is 93.9 Å². The summed E-state index contributed by atoms with van der Waals surface area (Å²) < 4.78 is 8.66. The molecule has 12 aromatic rings. The Bertz CT molecular complexity index is 3560. The van der Waals surface area contributed by atoms with Gasteiger partial charge in [-0.3, -0.25) is 0 Å². The summed E-state index contributed by atoms with van der Waals surface area (Å²) in [7, 11) is 0. The maximum atomic E-state index is 6.25. The van der Waals surface area contributed by atoms with Crippen LogP contribution >= 0.6 is 0 Å². The maximum absolute atomic E-state index is 6.25. The number of benzene rings is 10. The van der Waals surface area contributed by atoms with Gasteiger partial charge in [0.25, 0.3) is 0 Å². The quantitative estimate of drug-likeness (QED) is 0.153. The number of furan rings is 1. The van der Waals surface area contributed by atoms with Crippen LogP contribution in [-0.2, 0) is 0 Å². The van der Waals surface area contributed by atoms with Gasteiger partial charge in [-0.05, 0) is 100 Å². The first-order valence-corrected chi connectivity index (χ1v) is 21.5. The molecule has 0 fully saturated rings. The van der Waals surface area contributed by atoms with Crippen LogP contribution < -0.4 is 4.90 Å². The summed E-state index contributed by atoms with van der Waals surface area (Å²) in [5.41, 5.74) is 17.9. The molecule has 2 heterocycles. The van der Waals surface area contributed by atoms with E-state index in [1.54, 1.807) is 0 Å². The van der Waals surface area contributed by atoms with Gasteiger partial charge in [0.1, 0.15) is 11.2 Å². The van der Waals surface area contributed by atoms with Gasteiger partial charge in [0.2, 0.25) is 0 Å². The molecule has 0 radical (unpaired) electrons. The highest BCUT2D eigenvalue weighted by atomic mass is 16.3. The van der Waals surface area contributed by atoms with Crippen molar-refractivity contribution in [1.29, 1.82) is 0 Å². The number of rotatable bonds is 8. The Balaban J connectivity index is 0.949. The maximum Gasteiger partial charge on any atom is 0.136 e. The second-order valence-corrected chi connectivity index (χ2v) is 16.1. The third-order valence-corrected chi connectivity index (χ3v) is 12.4. The van der Waals surface area contributed by atoms with E-state index in [2.05, 4.69) is 240 Å². The number of para-hydroxylation sites is 5. The van der Waals surface area contributed by atoms with Crippen LogP contribution in [0.2, 0.25) is 0 Å². The van der Waals surface area contributed by atoms with Crippen molar-refractivity contribution in [1.82, 2.24) is 4.57 Å². The lowest BCUT2D eigenvalue weighted by atomic mass is 9.95. The van der Waals surface area contributed by atoms with Crippen LogP contribution in [0.1, 0.15) is 0 Å². The van der Waals surface area contributed by atoms with Crippen LogP contribution in [0.3, 0.4) is 0 Å². The Morgan fingerprint density at radius 2 is 0.825 bits per heavy atom. The lowest BCUT2D eigenvalue weighted by Crippen LogP contribution is -2.11. The second-order valence-electron chi connectivity index (χ2n) is 16.1. The molecule has 296 valence electrons. The van der Waals surface area contributed by atoms with E-state index in [1.165, 1.54) is 38.5 Å². The van der Waals surface area contributed by atoms with Crippen molar-refractivity contribution in [3.05, 3.63) is 243 Å². The van der Waals surface area contributed by atoms with Crippen molar-refractivity contribution in [2.75, 3.05) is 4.90 Å². The average molecular weight is 805 g/mol. The number of fused-ring (bicyclic) bond motifs is 6. The predicted molar refractivity (Wildman–Crippen MR) is 264 cm³/mol. The summed E-state index contributed by atoms with van der Waals surface area (Å²) in [4.78, 5) is 2.38. The van der Waals surface area contributed by atoms with E-state index in [1.807, 2.05) is 12.1 Å². The predicted octanol–water partition coefficient (Wildman–Crippen LogP) is 16.8. The molecule has 0 N–H and O–H groups in total. The summed E-state index contributed by atoms with van der Waals surface area (Å²) in [6.45, 7) is 0. The van der Waals surface area contributed by atoms with E-state index in [4.69, 9.17) is 4.42 Å². The molecule has 0 unspecified atom stereocenters. The van der Waals surface area contributed by atoms with Crippen molar-refractivity contribution in [2.24, 2.45) is 0 Å². The average Bonchev–Trinajstić information content (AvgIpc) is 3.91. The smallest absolute Gasteiger partial charge is 0.136 e. The Kier molecular flexibility index (Phi) is 8.83. The second kappa shape index (κ2) is 15.3. The molecule has 3 nitrogen and oxygen atoms in total. The first kappa shape index (κ1) is 36.5. The molecular weight excluding hydrogens is 765 g/mol. The summed E-state index contributed by atoms with van der Waals surface area (Å²) in [5, 5.41) is 4.79. The fourth-order valence-electron chi connectivity index (χ4n) is 9.53. The van der Waals surface area contributed by atoms with Crippen molar-refractivity contribution in [2.45, 2.75) is 0 Å². The van der Waals surface area contributed by atoms with Crippen LogP contribution in [0.5, 0.6) is 0 Å². The topological polar surface area (TPSA) is 21.3 Å². The van der Waals surface area contributed by atoms with Crippen LogP contribution in [0, 0.1) is 0 Å². The molecule has 0 amide bonds. The van der Waals surface area contributed by atoms with Crippen molar-refractivity contribution >= 4 is 60.8 Å². The summed E-state index contributed by atoms with van der Waals surface area (Å²) in [5.74, 6) is 0. The van der Waals surface area contributed by atoms with Gasteiger partial charge in [-0.2, -0.15) is 0 Å². The fourth-order valence-corrected chi connectivity index (χ4v) is 9.53. The molecular formula is C60H40N2O. The Hall–Kier alpha value is -8.40. The summed E-state index contributed by atoms with van der Waals surface area (Å²) in [6, 6.07) is 87.1. The molecule has 12 rings (SSSR count). The third kappa shape index (κ3) is 6.29. The minimum Gasteiger partial charge on any atom is -0.456 e. The van der Waals surface area contributed by atoms with Gasteiger partial charge < -0.3 is 13.9 Å². The van der Waals surface area contributed by atoms with Gasteiger partial charge in [-0.25, -0.2) is 0 Å². The van der Waals surface area contributed by atoms with Crippen molar-refractivity contribution in [3.63, 3.8) is 0 Å². The van der Waals surface area contributed by atoms with E-state index in [9.17, 15) is 0 Å². The highest BCUT2D eigenvalue weighted by molar-refractivity contribution is 6.13. The molecule has 0 spiro atoms. The number of aromatic nitrogens is 1. The third-order valence-electron chi connectivity index (χ3n) is 12.4. The standard InChI is InChI=1S/C60H40N2O/c1-2-16-42(17-3-1)48-20-4-9-26-54(48)61(46-36-32-41(33-37-46)44-18-14-19-45(40-44)50-25-15-31-59-60(50)53-24-8-13-30-58(53)63-59)47-38-34-43(35-39-47)49-21-5-10-27-55(49)62-56-28-11-6-22-51(56)52-23-7-12-29-57(52)62/h1-40H. The SMILES string of the molecule is c1ccc(-c2ccccc2N(c2ccc(-c3cccc(-c4cccc5oc6ccccc6c45)c3)cc2)c2ccc(-c3ccccc3-n3c4ccccc4c4ccccc43)cc2)cc1. The lowest BCUT2D eigenvalue weighted by molar-refractivity contribution is 0.669. The van der Waals surface area contributed by atoms with E-state index in [-0.39, 0.29) is 0 Å². The van der Waals surface area contributed by atoms with Crippen LogP contribution in [-0.4, -0.2) is 4.57 Å². The number of nitrogens with zero attached hydrogens (tertiary/aromatic N) is 2. The molecule has 0 saturated heterocycles. The molecule has 2 aromatic heterocycles. The van der Waals surface area contributed by atoms with Crippen molar-refractivity contribution < 1.29 is 4.42 Å². The molecule has 0 aliphatic carbocycles. The van der Waals surface area contributed by atoms with Gasteiger partial charge in [0, 0.05) is 44.0 Å². The first-order valence-electron chi connectivity index (χ1n) is 21.5. The number of hydrogen-bond acceptors (Lipinski definition) is 2. The molecule has 63 heavy (non-hydrogen) atoms. The van der Waals surface area contributed by atoms with Gasteiger partial charge >= 0.3 is 0 Å². The van der Waals surface area contributed by atoms with Crippen molar-refractivity contribution in [3.8, 4) is 50.2 Å². The molecule has 10 aromatic carbocycles. The minimum absolute atomic E-state index is 0.903. The van der Waals surface area contributed by atoms with E-state index >= 15 is 0 Å². The molecule has 0 aliphatic heterocycles. The van der Waals surface area contributed by atoms with Gasteiger partial charge in [-0.1, -0.05) is 176 Å². The van der Waals surface area contributed by atoms with Gasteiger partial charge in [0.15, 0.2) is 0 Å². The lowest BCUT2D eigenvalue weighted by Gasteiger charge is -2.28. The molecule has 3 heteroatoms. The highest BCUT2D eigenvalue weighted by Gasteiger charge is 2.20. The molecule has 0 bridgehead atoms. The van der Waals surface area contributed by atoms with Crippen LogP contribution in [0.4, 0.5) is 17.1 Å². The molecule has 0 atom stereocenters. The largest absolute Gasteiger partial charge is 0.456 e. The zero-order valence-corrected chi connectivity index (χ0v) is 34.4. The Morgan fingerprint density at radius 3 is 1.57 bits per heavy atom. The van der Waals surface area contributed by atoms with E-state index in [0.717, 1.165) is 72.5 Å². The van der Waals surface area contributed by atoms with E-state index < -0.39 is 0 Å². The fraction of sp³-hybridized carbons (Fsp3) is 0. The van der Waals surface area contributed by atoms with Gasteiger partial charge in [0.05, 0.1) is 22.4 Å². The molecule has 0 aliphatic rings. The monoisotopic (exact) mass is 804 g/mol. The molecule has 0 saturated carbocycles. The normalized spacial score (nSPS) is 11.5. The first-order chi connectivity index (χ1) is 31.3. The van der Waals surface area contributed by atoms with E-state index in [0.29, 0.717) is 0 Å². The van der Waals surface area contributed by atoms with Gasteiger partial charge in [-0.15, -0.1) is 0 Å².